The Morgan fingerprint density at radius 1 is 1.05 bits per heavy atom. The zero-order valence-corrected chi connectivity index (χ0v) is 22.4. The van der Waals surface area contributed by atoms with Crippen molar-refractivity contribution in [3.05, 3.63) is 65.4 Å². The molecule has 1 atom stereocenters. The minimum Gasteiger partial charge on any atom is -0.493 e. The minimum atomic E-state index is -3.20. The molecule has 202 valence electrons. The number of hydrogen-bond acceptors (Lipinski definition) is 8. The number of sulfone groups is 1. The maximum atomic E-state index is 13.7. The fourth-order valence-electron chi connectivity index (χ4n) is 4.86. The highest BCUT2D eigenvalue weighted by Gasteiger charge is 2.32. The van der Waals surface area contributed by atoms with Gasteiger partial charge in [0.1, 0.15) is 0 Å². The summed E-state index contributed by atoms with van der Waals surface area (Å²) in [6.45, 7) is 1.74. The summed E-state index contributed by atoms with van der Waals surface area (Å²) in [5.74, 6) is -0.169. The highest BCUT2D eigenvalue weighted by atomic mass is 32.2. The highest BCUT2D eigenvalue weighted by Crippen LogP contribution is 2.35. The predicted octanol–water partition coefficient (Wildman–Crippen LogP) is 3.13. The molecule has 2 aromatic heterocycles. The van der Waals surface area contributed by atoms with E-state index in [1.54, 1.807) is 54.1 Å². The lowest BCUT2D eigenvalue weighted by Gasteiger charge is -2.14. The van der Waals surface area contributed by atoms with Crippen molar-refractivity contribution in [2.24, 2.45) is 5.73 Å². The van der Waals surface area contributed by atoms with Crippen LogP contribution in [0, 0.1) is 6.92 Å². The minimum absolute atomic E-state index is 0.0565. The van der Waals surface area contributed by atoms with E-state index in [0.29, 0.717) is 45.9 Å². The third-order valence-electron chi connectivity index (χ3n) is 6.76. The maximum absolute atomic E-state index is 13.7. The van der Waals surface area contributed by atoms with Crippen molar-refractivity contribution in [2.75, 3.05) is 31.0 Å². The average Bonchev–Trinajstić information content (AvgIpc) is 3.46. The first-order chi connectivity index (χ1) is 18.6. The summed E-state index contributed by atoms with van der Waals surface area (Å²) in [4.78, 5) is 30.5. The second-order valence-corrected chi connectivity index (χ2v) is 11.5. The third kappa shape index (κ3) is 4.90. The quantitative estimate of drug-likeness (QED) is 0.356. The molecule has 1 aliphatic rings. The standard InChI is InChI=1S/C27H27N5O6S/c1-15-24-19(27(34)30-20-7-5-4-6-18(20)25(28)33)13-21(16-8-9-22(37-2)23(12-16)38-3)29-26(24)32(31-15)17-10-11-39(35,36)14-17/h4-9,12-13,17H,10-11,14H2,1-3H3,(H2,28,33)(H,30,34). The molecule has 11 nitrogen and oxygen atoms in total. The number of hydrogen-bond donors (Lipinski definition) is 2. The first-order valence-electron chi connectivity index (χ1n) is 12.1. The van der Waals surface area contributed by atoms with Crippen LogP contribution < -0.4 is 20.5 Å². The molecule has 1 saturated heterocycles. The number of primary amides is 1. The Hall–Kier alpha value is -4.45. The molecular weight excluding hydrogens is 522 g/mol. The number of nitrogens with one attached hydrogen (secondary N) is 1. The zero-order chi connectivity index (χ0) is 27.9. The molecule has 0 saturated carbocycles. The van der Waals surface area contributed by atoms with E-state index >= 15 is 0 Å². The van der Waals surface area contributed by atoms with Crippen molar-refractivity contribution in [1.29, 1.82) is 0 Å². The number of methoxy groups -OCH3 is 2. The van der Waals surface area contributed by atoms with Gasteiger partial charge in [-0.3, -0.25) is 9.59 Å². The molecule has 2 aromatic carbocycles. The fraction of sp³-hybridized carbons (Fsp3) is 0.259. The Kier molecular flexibility index (Phi) is 6.73. The Bertz CT molecular complexity index is 1730. The van der Waals surface area contributed by atoms with Gasteiger partial charge in [-0.15, -0.1) is 0 Å². The van der Waals surface area contributed by atoms with Gasteiger partial charge in [-0.25, -0.2) is 18.1 Å². The van der Waals surface area contributed by atoms with E-state index in [1.165, 1.54) is 20.3 Å². The first-order valence-corrected chi connectivity index (χ1v) is 14.0. The molecule has 2 amide bonds. The Labute approximate surface area is 224 Å². The lowest BCUT2D eigenvalue weighted by molar-refractivity contribution is 0.100. The summed E-state index contributed by atoms with van der Waals surface area (Å²) >= 11 is 0. The van der Waals surface area contributed by atoms with Gasteiger partial charge in [-0.05, 0) is 49.7 Å². The fourth-order valence-corrected chi connectivity index (χ4v) is 6.55. The lowest BCUT2D eigenvalue weighted by atomic mass is 10.0. The molecule has 1 aliphatic heterocycles. The predicted molar refractivity (Wildman–Crippen MR) is 146 cm³/mol. The van der Waals surface area contributed by atoms with E-state index in [9.17, 15) is 18.0 Å². The summed E-state index contributed by atoms with van der Waals surface area (Å²) in [6, 6.07) is 12.9. The molecule has 0 bridgehead atoms. The van der Waals surface area contributed by atoms with Crippen LogP contribution in [0.1, 0.15) is 38.9 Å². The number of amides is 2. The molecule has 12 heteroatoms. The monoisotopic (exact) mass is 549 g/mol. The summed E-state index contributed by atoms with van der Waals surface area (Å²) in [7, 11) is -0.151. The van der Waals surface area contributed by atoms with Crippen molar-refractivity contribution in [2.45, 2.75) is 19.4 Å². The van der Waals surface area contributed by atoms with Gasteiger partial charge in [0, 0.05) is 5.56 Å². The SMILES string of the molecule is COc1ccc(-c2cc(C(=O)Nc3ccccc3C(N)=O)c3c(C)nn(C4CCS(=O)(=O)C4)c3n2)cc1OC. The molecule has 1 fully saturated rings. The molecule has 0 spiro atoms. The number of pyridine rings is 1. The van der Waals surface area contributed by atoms with E-state index in [-0.39, 0.29) is 28.3 Å². The number of nitrogens with zero attached hydrogens (tertiary/aromatic N) is 3. The smallest absolute Gasteiger partial charge is 0.256 e. The first kappa shape index (κ1) is 26.2. The van der Waals surface area contributed by atoms with Gasteiger partial charge in [0.15, 0.2) is 27.0 Å². The molecule has 4 aromatic rings. The number of aromatic nitrogens is 3. The number of fused-ring (bicyclic) bond motifs is 1. The van der Waals surface area contributed by atoms with Crippen molar-refractivity contribution >= 4 is 38.4 Å². The second kappa shape index (κ2) is 10.0. The van der Waals surface area contributed by atoms with Gasteiger partial charge in [-0.2, -0.15) is 5.10 Å². The van der Waals surface area contributed by atoms with Crippen LogP contribution in [0.4, 0.5) is 5.69 Å². The van der Waals surface area contributed by atoms with Crippen LogP contribution in [-0.4, -0.2) is 60.7 Å². The van der Waals surface area contributed by atoms with Crippen molar-refractivity contribution in [1.82, 2.24) is 14.8 Å². The van der Waals surface area contributed by atoms with Crippen molar-refractivity contribution in [3.8, 4) is 22.8 Å². The number of carbonyl (C=O) groups is 2. The topological polar surface area (TPSA) is 155 Å². The summed E-state index contributed by atoms with van der Waals surface area (Å²) in [5, 5.41) is 7.90. The van der Waals surface area contributed by atoms with E-state index in [2.05, 4.69) is 10.4 Å². The van der Waals surface area contributed by atoms with Crippen LogP contribution >= 0.6 is 0 Å². The molecule has 1 unspecified atom stereocenters. The molecule has 3 heterocycles. The largest absolute Gasteiger partial charge is 0.493 e. The molecular formula is C27H27N5O6S. The molecule has 0 aliphatic carbocycles. The Morgan fingerprint density at radius 3 is 2.46 bits per heavy atom. The Balaban J connectivity index is 1.70. The van der Waals surface area contributed by atoms with Gasteiger partial charge in [0.05, 0.1) is 65.4 Å². The number of para-hydroxylation sites is 1. The van der Waals surface area contributed by atoms with Gasteiger partial charge in [0.2, 0.25) is 0 Å². The van der Waals surface area contributed by atoms with Crippen LogP contribution in [0.25, 0.3) is 22.3 Å². The van der Waals surface area contributed by atoms with Crippen LogP contribution in [0.2, 0.25) is 0 Å². The van der Waals surface area contributed by atoms with E-state index in [0.717, 1.165) is 0 Å². The van der Waals surface area contributed by atoms with Gasteiger partial charge >= 0.3 is 0 Å². The van der Waals surface area contributed by atoms with E-state index < -0.39 is 27.7 Å². The van der Waals surface area contributed by atoms with Crippen molar-refractivity contribution in [3.63, 3.8) is 0 Å². The van der Waals surface area contributed by atoms with Gasteiger partial charge in [-0.1, -0.05) is 12.1 Å². The van der Waals surface area contributed by atoms with Gasteiger partial charge < -0.3 is 20.5 Å². The van der Waals surface area contributed by atoms with Crippen LogP contribution in [0.15, 0.2) is 48.5 Å². The van der Waals surface area contributed by atoms with Crippen molar-refractivity contribution < 1.29 is 27.5 Å². The molecule has 5 rings (SSSR count). The van der Waals surface area contributed by atoms with E-state index in [1.807, 2.05) is 0 Å². The number of rotatable bonds is 7. The highest BCUT2D eigenvalue weighted by molar-refractivity contribution is 7.91. The number of aryl methyl sites for hydroxylation is 1. The van der Waals surface area contributed by atoms with Gasteiger partial charge in [0.25, 0.3) is 11.8 Å². The molecule has 3 N–H and O–H groups in total. The van der Waals surface area contributed by atoms with Crippen LogP contribution in [0.5, 0.6) is 11.5 Å². The average molecular weight is 550 g/mol. The summed E-state index contributed by atoms with van der Waals surface area (Å²) in [5.41, 5.74) is 8.19. The number of anilines is 1. The number of carbonyl (C=O) groups excluding carboxylic acids is 2. The second-order valence-electron chi connectivity index (χ2n) is 9.27. The van der Waals surface area contributed by atoms with Crippen LogP contribution in [-0.2, 0) is 9.84 Å². The molecule has 0 radical (unpaired) electrons. The summed E-state index contributed by atoms with van der Waals surface area (Å²) in [6.07, 6.45) is 0.397. The third-order valence-corrected chi connectivity index (χ3v) is 8.51. The number of benzene rings is 2. The van der Waals surface area contributed by atoms with Crippen LogP contribution in [0.3, 0.4) is 0 Å². The molecule has 39 heavy (non-hydrogen) atoms. The maximum Gasteiger partial charge on any atom is 0.256 e. The number of nitrogens with two attached hydrogens (primary N) is 1. The lowest BCUT2D eigenvalue weighted by Crippen LogP contribution is -2.19. The number of ether oxygens (including phenoxy) is 2. The normalized spacial score (nSPS) is 16.2. The zero-order valence-electron chi connectivity index (χ0n) is 21.6. The Morgan fingerprint density at radius 2 is 1.79 bits per heavy atom. The summed E-state index contributed by atoms with van der Waals surface area (Å²) < 4.78 is 36.9. The van der Waals surface area contributed by atoms with E-state index in [4.69, 9.17) is 20.2 Å².